The molecule has 0 radical (unpaired) electrons. The van der Waals surface area contributed by atoms with E-state index in [-0.39, 0.29) is 17.3 Å². The number of rotatable bonds is 6. The molecule has 0 saturated carbocycles. The van der Waals surface area contributed by atoms with Gasteiger partial charge in [-0.2, -0.15) is 0 Å². The number of nitrogens with zero attached hydrogens (tertiary/aromatic N) is 1. The first kappa shape index (κ1) is 23.3. The Kier molecular flexibility index (Phi) is 6.33. The van der Waals surface area contributed by atoms with Gasteiger partial charge in [0.2, 0.25) is 12.0 Å². The minimum absolute atomic E-state index is 0.0445. The first-order chi connectivity index (χ1) is 18.2. The molecule has 6 heteroatoms. The quantitative estimate of drug-likeness (QED) is 0.256. The zero-order chi connectivity index (χ0) is 25.2. The molecule has 0 aromatic heterocycles. The van der Waals surface area contributed by atoms with E-state index in [0.29, 0.717) is 5.88 Å². The Bertz CT molecular complexity index is 1410. The molecular formula is C31H25NO4S. The Balaban J connectivity index is 1.39. The van der Waals surface area contributed by atoms with E-state index in [1.54, 1.807) is 11.8 Å². The summed E-state index contributed by atoms with van der Waals surface area (Å²) in [5.74, 6) is 1.59. The number of ether oxygens (including phenoxy) is 3. The van der Waals surface area contributed by atoms with Crippen LogP contribution in [0.4, 0.5) is 5.69 Å². The lowest BCUT2D eigenvalue weighted by Gasteiger charge is -2.31. The third-order valence-electron chi connectivity index (χ3n) is 6.50. The van der Waals surface area contributed by atoms with Crippen molar-refractivity contribution >= 4 is 23.4 Å². The van der Waals surface area contributed by atoms with Gasteiger partial charge in [0, 0.05) is 5.69 Å². The lowest BCUT2D eigenvalue weighted by Crippen LogP contribution is -2.32. The summed E-state index contributed by atoms with van der Waals surface area (Å²) >= 11 is 1.72. The lowest BCUT2D eigenvalue weighted by molar-refractivity contribution is -0.151. The molecule has 0 N–H and O–H groups in total. The topological polar surface area (TPSA) is 48.0 Å². The van der Waals surface area contributed by atoms with Gasteiger partial charge >= 0.3 is 5.97 Å². The Morgan fingerprint density at radius 2 is 1.32 bits per heavy atom. The molecule has 2 aliphatic heterocycles. The van der Waals surface area contributed by atoms with Gasteiger partial charge in [0.1, 0.15) is 16.9 Å². The van der Waals surface area contributed by atoms with E-state index < -0.39 is 6.10 Å². The van der Waals surface area contributed by atoms with Gasteiger partial charge in [-0.3, -0.25) is 4.90 Å². The number of esters is 1. The van der Waals surface area contributed by atoms with E-state index in [0.717, 1.165) is 33.2 Å². The van der Waals surface area contributed by atoms with E-state index in [2.05, 4.69) is 17.0 Å². The molecule has 0 bridgehead atoms. The van der Waals surface area contributed by atoms with Crippen molar-refractivity contribution in [2.45, 2.75) is 17.4 Å². The van der Waals surface area contributed by atoms with Gasteiger partial charge in [0.05, 0.1) is 17.9 Å². The highest BCUT2D eigenvalue weighted by molar-refractivity contribution is 8.03. The molecule has 0 fully saturated rings. The first-order valence-electron chi connectivity index (χ1n) is 12.1. The van der Waals surface area contributed by atoms with Crippen LogP contribution in [0.15, 0.2) is 126 Å². The Hall–Kier alpha value is -4.16. The maximum absolute atomic E-state index is 12.8. The maximum Gasteiger partial charge on any atom is 0.348 e. The average molecular weight is 508 g/mol. The van der Waals surface area contributed by atoms with Gasteiger partial charge in [0.15, 0.2) is 0 Å². The van der Waals surface area contributed by atoms with Crippen molar-refractivity contribution in [3.8, 4) is 11.5 Å². The molecule has 2 heterocycles. The summed E-state index contributed by atoms with van der Waals surface area (Å²) in [7, 11) is 1.40. The number of para-hydroxylation sites is 1. The van der Waals surface area contributed by atoms with E-state index in [4.69, 9.17) is 14.2 Å². The molecule has 6 rings (SSSR count). The highest BCUT2D eigenvalue weighted by atomic mass is 32.2. The molecular weight excluding hydrogens is 482 g/mol. The van der Waals surface area contributed by atoms with Crippen LogP contribution in [0.1, 0.15) is 22.4 Å². The van der Waals surface area contributed by atoms with Gasteiger partial charge in [-0.25, -0.2) is 4.79 Å². The van der Waals surface area contributed by atoms with Crippen LogP contribution in [-0.4, -0.2) is 19.2 Å². The summed E-state index contributed by atoms with van der Waals surface area (Å²) in [5.41, 5.74) is 3.12. The Morgan fingerprint density at radius 1 is 0.757 bits per heavy atom. The molecule has 4 aromatic rings. The highest BCUT2D eigenvalue weighted by Gasteiger charge is 2.51. The predicted molar refractivity (Wildman–Crippen MR) is 145 cm³/mol. The fourth-order valence-electron chi connectivity index (χ4n) is 4.77. The fourth-order valence-corrected chi connectivity index (χ4v) is 6.28. The SMILES string of the molecule is COC(=O)C1OC2=C(SC(c3ccccc3)N2c2ccc(Oc3ccccc3)cc2)C1c1ccccc1. The fraction of sp³-hybridized carbons (Fsp3) is 0.129. The van der Waals surface area contributed by atoms with Gasteiger partial charge in [-0.15, -0.1) is 0 Å². The van der Waals surface area contributed by atoms with E-state index in [1.165, 1.54) is 7.11 Å². The van der Waals surface area contributed by atoms with Crippen LogP contribution < -0.4 is 9.64 Å². The van der Waals surface area contributed by atoms with Crippen molar-refractivity contribution in [2.75, 3.05) is 12.0 Å². The molecule has 4 aromatic carbocycles. The zero-order valence-electron chi connectivity index (χ0n) is 20.2. The molecule has 3 unspecified atom stereocenters. The molecule has 0 spiro atoms. The Morgan fingerprint density at radius 3 is 1.95 bits per heavy atom. The normalized spacial score (nSPS) is 20.4. The number of anilines is 1. The van der Waals surface area contributed by atoms with Crippen molar-refractivity contribution < 1.29 is 19.0 Å². The van der Waals surface area contributed by atoms with Crippen molar-refractivity contribution in [3.63, 3.8) is 0 Å². The molecule has 2 aliphatic rings. The first-order valence-corrected chi connectivity index (χ1v) is 13.0. The van der Waals surface area contributed by atoms with Gasteiger partial charge < -0.3 is 14.2 Å². The summed E-state index contributed by atoms with van der Waals surface area (Å²) in [5, 5.41) is -0.0445. The third-order valence-corrected chi connectivity index (χ3v) is 7.89. The van der Waals surface area contributed by atoms with E-state index in [1.807, 2.05) is 103 Å². The van der Waals surface area contributed by atoms with E-state index >= 15 is 0 Å². The van der Waals surface area contributed by atoms with Crippen LogP contribution in [0.3, 0.4) is 0 Å². The number of methoxy groups -OCH3 is 1. The summed E-state index contributed by atoms with van der Waals surface area (Å²) in [4.78, 5) is 16.0. The van der Waals surface area contributed by atoms with Crippen molar-refractivity contribution in [1.82, 2.24) is 0 Å². The summed E-state index contributed by atoms with van der Waals surface area (Å²) < 4.78 is 17.6. The standard InChI is InChI=1S/C31H25NO4S/c1-34-31(33)27-26(21-11-5-2-6-12-21)28-29(36-27)32(30(37-28)22-13-7-3-8-14-22)23-17-19-25(20-18-23)35-24-15-9-4-10-16-24/h2-20,26-27,30H,1H3. The third kappa shape index (κ3) is 4.45. The van der Waals surface area contributed by atoms with Crippen LogP contribution in [-0.2, 0) is 14.3 Å². The molecule has 0 aliphatic carbocycles. The van der Waals surface area contributed by atoms with Gasteiger partial charge in [-0.05, 0) is 47.5 Å². The maximum atomic E-state index is 12.8. The number of hydrogen-bond donors (Lipinski definition) is 0. The van der Waals surface area contributed by atoms with Crippen molar-refractivity contribution in [2.24, 2.45) is 0 Å². The second-order valence-corrected chi connectivity index (χ2v) is 9.90. The lowest BCUT2D eigenvalue weighted by atomic mass is 9.94. The Labute approximate surface area is 220 Å². The van der Waals surface area contributed by atoms with E-state index in [9.17, 15) is 4.79 Å². The largest absolute Gasteiger partial charge is 0.466 e. The average Bonchev–Trinajstić information content (AvgIpc) is 3.51. The summed E-state index contributed by atoms with van der Waals surface area (Å²) in [6.45, 7) is 0. The van der Waals surface area contributed by atoms with Gasteiger partial charge in [0.25, 0.3) is 0 Å². The van der Waals surface area contributed by atoms with Crippen LogP contribution >= 0.6 is 11.8 Å². The second kappa shape index (κ2) is 10.1. The molecule has 0 saturated heterocycles. The molecule has 0 amide bonds. The van der Waals surface area contributed by atoms with Gasteiger partial charge in [-0.1, -0.05) is 90.6 Å². The molecule has 37 heavy (non-hydrogen) atoms. The van der Waals surface area contributed by atoms with Crippen LogP contribution in [0.25, 0.3) is 0 Å². The van der Waals surface area contributed by atoms with Crippen LogP contribution in [0.5, 0.6) is 11.5 Å². The number of benzene rings is 4. The molecule has 3 atom stereocenters. The minimum atomic E-state index is -0.746. The monoisotopic (exact) mass is 507 g/mol. The zero-order valence-corrected chi connectivity index (χ0v) is 21.0. The van der Waals surface area contributed by atoms with Crippen molar-refractivity contribution in [1.29, 1.82) is 0 Å². The number of hydrogen-bond acceptors (Lipinski definition) is 6. The van der Waals surface area contributed by atoms with Crippen LogP contribution in [0.2, 0.25) is 0 Å². The highest BCUT2D eigenvalue weighted by Crippen LogP contribution is 2.59. The minimum Gasteiger partial charge on any atom is -0.466 e. The summed E-state index contributed by atoms with van der Waals surface area (Å²) in [6.07, 6.45) is -0.746. The summed E-state index contributed by atoms with van der Waals surface area (Å²) in [6, 6.07) is 38.0. The van der Waals surface area contributed by atoms with Crippen LogP contribution in [0, 0.1) is 0 Å². The molecule has 5 nitrogen and oxygen atoms in total. The van der Waals surface area contributed by atoms with Crippen molar-refractivity contribution in [3.05, 3.63) is 137 Å². The molecule has 184 valence electrons. The number of thioether (sulfide) groups is 1. The second-order valence-electron chi connectivity index (χ2n) is 8.78. The number of carbonyl (C=O) groups is 1. The number of carbonyl (C=O) groups excluding carboxylic acids is 1. The predicted octanol–water partition coefficient (Wildman–Crippen LogP) is 7.26. The smallest absolute Gasteiger partial charge is 0.348 e.